The van der Waals surface area contributed by atoms with Crippen molar-refractivity contribution in [1.29, 1.82) is 0 Å². The molecular weight excluding hydrogens is 538 g/mol. The van der Waals surface area contributed by atoms with Crippen LogP contribution in [0.15, 0.2) is 48.5 Å². The van der Waals surface area contributed by atoms with E-state index in [9.17, 15) is 0 Å². The van der Waals surface area contributed by atoms with Crippen LogP contribution in [0.25, 0.3) is 30.8 Å². The first-order valence-corrected chi connectivity index (χ1v) is 10.3. The molecule has 0 aliphatic carbocycles. The molecule has 0 aliphatic rings. The Morgan fingerprint density at radius 3 is 1.32 bits per heavy atom. The summed E-state index contributed by atoms with van der Waals surface area (Å²) < 4.78 is 2.47. The third-order valence-corrected chi connectivity index (χ3v) is 6.72. The average Bonchev–Trinajstić information content (AvgIpc) is 3.07. The number of halogens is 2. The maximum Gasteiger partial charge on any atom is 0.155 e. The highest BCUT2D eigenvalue weighted by atomic mass is 127. The Morgan fingerprint density at radius 1 is 0.591 bits per heavy atom. The van der Waals surface area contributed by atoms with Gasteiger partial charge in [-0.3, -0.25) is 0 Å². The minimum absolute atomic E-state index is 1.02. The summed E-state index contributed by atoms with van der Waals surface area (Å²) in [4.78, 5) is 11.5. The van der Waals surface area contributed by atoms with Crippen molar-refractivity contribution in [1.82, 2.24) is 9.97 Å². The molecule has 0 N–H and O–H groups in total. The van der Waals surface area contributed by atoms with Gasteiger partial charge in [-0.05, 0) is 69.4 Å². The zero-order chi connectivity index (χ0) is 15.1. The minimum atomic E-state index is 1.02. The fraction of sp³-hybridized carbons (Fsp3) is 0. The van der Waals surface area contributed by atoms with Gasteiger partial charge in [0.2, 0.25) is 0 Å². The van der Waals surface area contributed by atoms with Crippen LogP contribution in [0.3, 0.4) is 0 Å². The zero-order valence-electron chi connectivity index (χ0n) is 11.1. The number of hydrogen-bond donors (Lipinski definition) is 0. The van der Waals surface area contributed by atoms with Crippen molar-refractivity contribution in [3.63, 3.8) is 0 Å². The number of thiazole rings is 2. The van der Waals surface area contributed by atoms with Crippen molar-refractivity contribution < 1.29 is 0 Å². The van der Waals surface area contributed by atoms with Crippen molar-refractivity contribution >= 4 is 77.5 Å². The summed E-state index contributed by atoms with van der Waals surface area (Å²) in [6.07, 6.45) is 0. The largest absolute Gasteiger partial charge is 0.223 e. The first kappa shape index (κ1) is 15.0. The summed E-state index contributed by atoms with van der Waals surface area (Å²) in [5, 5.41) is 2.08. The third kappa shape index (κ3) is 2.93. The molecule has 108 valence electrons. The van der Waals surface area contributed by atoms with Crippen LogP contribution in [-0.2, 0) is 0 Å². The number of rotatable bonds is 2. The van der Waals surface area contributed by atoms with E-state index in [1.165, 1.54) is 7.14 Å². The number of hydrogen-bond acceptors (Lipinski definition) is 4. The molecule has 0 unspecified atom stereocenters. The molecule has 2 heterocycles. The average molecular weight is 546 g/mol. The van der Waals surface area contributed by atoms with Crippen LogP contribution < -0.4 is 0 Å². The monoisotopic (exact) mass is 546 g/mol. The van der Waals surface area contributed by atoms with Gasteiger partial charge in [0.15, 0.2) is 9.66 Å². The fourth-order valence-electron chi connectivity index (χ4n) is 2.07. The number of fused-ring (bicyclic) bond motifs is 1. The van der Waals surface area contributed by atoms with Crippen LogP contribution in [-0.4, -0.2) is 9.97 Å². The normalized spacial score (nSPS) is 11.2. The van der Waals surface area contributed by atoms with Gasteiger partial charge in [-0.25, -0.2) is 9.97 Å². The molecular formula is C16H8I2N2S2. The van der Waals surface area contributed by atoms with Crippen LogP contribution >= 0.6 is 67.9 Å². The molecule has 4 rings (SSSR count). The number of benzene rings is 2. The van der Waals surface area contributed by atoms with Gasteiger partial charge in [-0.15, -0.1) is 0 Å². The van der Waals surface area contributed by atoms with Crippen molar-refractivity contribution in [2.45, 2.75) is 0 Å². The van der Waals surface area contributed by atoms with Crippen molar-refractivity contribution in [2.24, 2.45) is 0 Å². The van der Waals surface area contributed by atoms with Crippen LogP contribution in [0.2, 0.25) is 0 Å². The summed E-state index contributed by atoms with van der Waals surface area (Å²) in [6.45, 7) is 0. The molecule has 0 bridgehead atoms. The van der Waals surface area contributed by atoms with E-state index in [0.29, 0.717) is 0 Å². The van der Waals surface area contributed by atoms with Gasteiger partial charge in [0, 0.05) is 18.3 Å². The van der Waals surface area contributed by atoms with Crippen LogP contribution in [0.1, 0.15) is 0 Å². The maximum atomic E-state index is 4.75. The van der Waals surface area contributed by atoms with Crippen LogP contribution in [0, 0.1) is 7.14 Å². The Balaban J connectivity index is 1.73. The van der Waals surface area contributed by atoms with Gasteiger partial charge >= 0.3 is 0 Å². The highest BCUT2D eigenvalue weighted by Crippen LogP contribution is 2.36. The molecule has 6 heteroatoms. The molecule has 0 amide bonds. The van der Waals surface area contributed by atoms with E-state index < -0.39 is 0 Å². The standard InChI is InChI=1S/C16H8I2N2S2/c17-11-5-1-9(2-6-11)13-19-15-16(21-13)20-14(22-15)10-3-7-12(18)8-4-10/h1-8H. The Kier molecular flexibility index (Phi) is 4.18. The highest BCUT2D eigenvalue weighted by Gasteiger charge is 2.12. The van der Waals surface area contributed by atoms with Gasteiger partial charge < -0.3 is 0 Å². The predicted octanol–water partition coefficient (Wildman–Crippen LogP) is 6.30. The fourth-order valence-corrected chi connectivity index (χ4v) is 4.85. The second kappa shape index (κ2) is 6.14. The summed E-state index contributed by atoms with van der Waals surface area (Å²) in [6, 6.07) is 16.9. The zero-order valence-corrected chi connectivity index (χ0v) is 17.0. The first-order chi connectivity index (χ1) is 10.7. The molecule has 0 saturated heterocycles. The second-order valence-electron chi connectivity index (χ2n) is 4.66. The Hall–Kier alpha value is -0.580. The second-order valence-corrected chi connectivity index (χ2v) is 9.11. The molecule has 2 aromatic carbocycles. The lowest BCUT2D eigenvalue weighted by Gasteiger charge is -1.96. The van der Waals surface area contributed by atoms with E-state index in [2.05, 4.69) is 93.7 Å². The van der Waals surface area contributed by atoms with E-state index in [4.69, 9.17) is 9.97 Å². The molecule has 22 heavy (non-hydrogen) atoms. The van der Waals surface area contributed by atoms with Gasteiger partial charge in [0.05, 0.1) is 0 Å². The molecule has 0 atom stereocenters. The molecule has 0 spiro atoms. The summed E-state index contributed by atoms with van der Waals surface area (Å²) in [5.41, 5.74) is 2.32. The van der Waals surface area contributed by atoms with Gasteiger partial charge in [0.25, 0.3) is 0 Å². The maximum absolute atomic E-state index is 4.75. The summed E-state index contributed by atoms with van der Waals surface area (Å²) in [7, 11) is 0. The Morgan fingerprint density at radius 2 is 0.955 bits per heavy atom. The molecule has 2 nitrogen and oxygen atoms in total. The lowest BCUT2D eigenvalue weighted by Crippen LogP contribution is -1.77. The highest BCUT2D eigenvalue weighted by molar-refractivity contribution is 14.1. The molecule has 0 fully saturated rings. The van der Waals surface area contributed by atoms with E-state index in [1.807, 2.05) is 0 Å². The van der Waals surface area contributed by atoms with Crippen molar-refractivity contribution in [3.8, 4) is 21.1 Å². The number of aromatic nitrogens is 2. The van der Waals surface area contributed by atoms with E-state index >= 15 is 0 Å². The molecule has 0 radical (unpaired) electrons. The van der Waals surface area contributed by atoms with Gasteiger partial charge in [-0.1, -0.05) is 46.9 Å². The van der Waals surface area contributed by atoms with Crippen molar-refractivity contribution in [3.05, 3.63) is 55.7 Å². The van der Waals surface area contributed by atoms with Gasteiger partial charge in [0.1, 0.15) is 10.0 Å². The topological polar surface area (TPSA) is 25.8 Å². The van der Waals surface area contributed by atoms with Crippen LogP contribution in [0.4, 0.5) is 0 Å². The smallest absolute Gasteiger partial charge is 0.155 e. The van der Waals surface area contributed by atoms with E-state index in [-0.39, 0.29) is 0 Å². The van der Waals surface area contributed by atoms with Crippen molar-refractivity contribution in [2.75, 3.05) is 0 Å². The SMILES string of the molecule is Ic1ccc(-c2nc3sc(-c4ccc(I)cc4)nc3s2)cc1. The lowest BCUT2D eigenvalue weighted by atomic mass is 10.2. The van der Waals surface area contributed by atoms with E-state index in [1.54, 1.807) is 22.7 Å². The summed E-state index contributed by atoms with van der Waals surface area (Å²) >= 11 is 7.95. The quantitative estimate of drug-likeness (QED) is 0.276. The van der Waals surface area contributed by atoms with Crippen LogP contribution in [0.5, 0.6) is 0 Å². The summed E-state index contributed by atoms with van der Waals surface area (Å²) in [5.74, 6) is 0. The predicted molar refractivity (Wildman–Crippen MR) is 112 cm³/mol. The lowest BCUT2D eigenvalue weighted by molar-refractivity contribution is 1.48. The molecule has 2 aromatic heterocycles. The third-order valence-electron chi connectivity index (χ3n) is 3.16. The molecule has 0 aliphatic heterocycles. The molecule has 4 aromatic rings. The first-order valence-electron chi connectivity index (χ1n) is 6.48. The van der Waals surface area contributed by atoms with E-state index in [0.717, 1.165) is 30.8 Å². The van der Waals surface area contributed by atoms with Gasteiger partial charge in [-0.2, -0.15) is 0 Å². The number of nitrogens with zero attached hydrogens (tertiary/aromatic N) is 2. The minimum Gasteiger partial charge on any atom is -0.223 e. The Labute approximate surface area is 162 Å². The molecule has 0 saturated carbocycles. The Bertz CT molecular complexity index is 834.